The van der Waals surface area contributed by atoms with Crippen LogP contribution in [0.15, 0.2) is 55.2 Å². The molecule has 3 aromatic rings. The number of hydrogen-bond donors (Lipinski definition) is 1. The van der Waals surface area contributed by atoms with Crippen molar-refractivity contribution in [1.82, 2.24) is 30.0 Å². The van der Waals surface area contributed by atoms with Crippen molar-refractivity contribution in [3.05, 3.63) is 71.9 Å². The van der Waals surface area contributed by atoms with Gasteiger partial charge >= 0.3 is 6.03 Å². The monoisotopic (exact) mass is 348 g/mol. The van der Waals surface area contributed by atoms with Crippen LogP contribution in [0.3, 0.4) is 0 Å². The predicted molar refractivity (Wildman–Crippen MR) is 96.4 cm³/mol. The van der Waals surface area contributed by atoms with Gasteiger partial charge in [-0.1, -0.05) is 31.2 Å². The predicted octanol–water partition coefficient (Wildman–Crippen LogP) is 2.84. The van der Waals surface area contributed by atoms with Gasteiger partial charge in [-0.25, -0.2) is 19.4 Å². The van der Waals surface area contributed by atoms with E-state index in [9.17, 15) is 4.79 Å². The summed E-state index contributed by atoms with van der Waals surface area (Å²) in [5.74, 6) is 0.675. The third-order valence-corrected chi connectivity index (χ3v) is 4.69. The van der Waals surface area contributed by atoms with Crippen molar-refractivity contribution in [1.29, 1.82) is 0 Å². The van der Waals surface area contributed by atoms with Gasteiger partial charge in [-0.3, -0.25) is 0 Å². The molecule has 1 aliphatic heterocycles. The number of rotatable bonds is 4. The van der Waals surface area contributed by atoms with Crippen LogP contribution in [0, 0.1) is 0 Å². The maximum absolute atomic E-state index is 12.7. The van der Waals surface area contributed by atoms with Crippen LogP contribution in [0.4, 0.5) is 4.79 Å². The Kier molecular flexibility index (Phi) is 4.35. The standard InChI is InChI=1S/C19H20N6O/c1-2-17-16-6-4-3-5-15(16)11-24(17)19(26)22-10-14-7-8-21-18(9-14)25-13-20-12-23-25/h3-9,12-13,17H,2,10-11H2,1H3,(H,22,26)/t17-/m0/s1. The summed E-state index contributed by atoms with van der Waals surface area (Å²) in [6.07, 6.45) is 5.67. The zero-order chi connectivity index (χ0) is 17.9. The van der Waals surface area contributed by atoms with Crippen LogP contribution in [0.5, 0.6) is 0 Å². The highest BCUT2D eigenvalue weighted by Crippen LogP contribution is 2.35. The van der Waals surface area contributed by atoms with Gasteiger partial charge in [0.1, 0.15) is 12.7 Å². The molecule has 7 heteroatoms. The molecular weight excluding hydrogens is 328 g/mol. The number of benzene rings is 1. The number of fused-ring (bicyclic) bond motifs is 1. The minimum atomic E-state index is -0.0489. The second-order valence-corrected chi connectivity index (χ2v) is 6.27. The fraction of sp³-hybridized carbons (Fsp3) is 0.263. The van der Waals surface area contributed by atoms with Crippen LogP contribution in [-0.4, -0.2) is 30.7 Å². The van der Waals surface area contributed by atoms with Gasteiger partial charge in [-0.15, -0.1) is 0 Å². The molecule has 0 aliphatic carbocycles. The molecule has 0 spiro atoms. The van der Waals surface area contributed by atoms with E-state index in [0.717, 1.165) is 12.0 Å². The van der Waals surface area contributed by atoms with Crippen LogP contribution in [0.1, 0.15) is 36.1 Å². The fourth-order valence-corrected chi connectivity index (χ4v) is 3.42. The average Bonchev–Trinajstić information content (AvgIpc) is 3.34. The Morgan fingerprint density at radius 3 is 3.00 bits per heavy atom. The average molecular weight is 348 g/mol. The largest absolute Gasteiger partial charge is 0.334 e. The lowest BCUT2D eigenvalue weighted by Gasteiger charge is -2.24. The van der Waals surface area contributed by atoms with E-state index in [-0.39, 0.29) is 12.1 Å². The van der Waals surface area contributed by atoms with E-state index in [1.54, 1.807) is 17.2 Å². The molecule has 132 valence electrons. The molecule has 1 aromatic carbocycles. The summed E-state index contributed by atoms with van der Waals surface area (Å²) in [6, 6.07) is 12.1. The van der Waals surface area contributed by atoms with E-state index >= 15 is 0 Å². The van der Waals surface area contributed by atoms with Crippen molar-refractivity contribution >= 4 is 6.03 Å². The van der Waals surface area contributed by atoms with Gasteiger partial charge in [0.2, 0.25) is 0 Å². The SMILES string of the molecule is CC[C@H]1c2ccccc2CN1C(=O)NCc1ccnc(-n2cncn2)c1. The minimum Gasteiger partial charge on any atom is -0.334 e. The van der Waals surface area contributed by atoms with Crippen LogP contribution in [0.25, 0.3) is 5.82 Å². The number of urea groups is 1. The summed E-state index contributed by atoms with van der Waals surface area (Å²) >= 11 is 0. The second kappa shape index (κ2) is 6.95. The van der Waals surface area contributed by atoms with E-state index in [1.807, 2.05) is 29.2 Å². The first-order valence-corrected chi connectivity index (χ1v) is 8.68. The molecule has 1 aliphatic rings. The Balaban J connectivity index is 1.44. The van der Waals surface area contributed by atoms with Gasteiger partial charge < -0.3 is 10.2 Å². The van der Waals surface area contributed by atoms with Crippen molar-refractivity contribution in [3.8, 4) is 5.82 Å². The van der Waals surface area contributed by atoms with Gasteiger partial charge in [-0.05, 0) is 35.2 Å². The molecule has 4 rings (SSSR count). The van der Waals surface area contributed by atoms with Crippen molar-refractivity contribution in [3.63, 3.8) is 0 Å². The second-order valence-electron chi connectivity index (χ2n) is 6.27. The number of amides is 2. The summed E-state index contributed by atoms with van der Waals surface area (Å²) in [4.78, 5) is 22.9. The van der Waals surface area contributed by atoms with Gasteiger partial charge in [-0.2, -0.15) is 5.10 Å². The summed E-state index contributed by atoms with van der Waals surface area (Å²) in [5, 5.41) is 7.10. The number of nitrogens with one attached hydrogen (secondary N) is 1. The quantitative estimate of drug-likeness (QED) is 0.787. The summed E-state index contributed by atoms with van der Waals surface area (Å²) in [7, 11) is 0. The van der Waals surface area contributed by atoms with Gasteiger partial charge in [0, 0.05) is 19.3 Å². The number of hydrogen-bond acceptors (Lipinski definition) is 4. The Morgan fingerprint density at radius 1 is 1.31 bits per heavy atom. The molecule has 1 atom stereocenters. The number of carbonyl (C=O) groups excluding carboxylic acids is 1. The van der Waals surface area contributed by atoms with Crippen LogP contribution >= 0.6 is 0 Å². The van der Waals surface area contributed by atoms with Crippen LogP contribution in [0.2, 0.25) is 0 Å². The molecule has 0 radical (unpaired) electrons. The molecule has 0 bridgehead atoms. The molecule has 3 heterocycles. The van der Waals surface area contributed by atoms with Crippen LogP contribution < -0.4 is 5.32 Å². The van der Waals surface area contributed by atoms with Gasteiger partial charge in [0.05, 0.1) is 6.04 Å². The van der Waals surface area contributed by atoms with Crippen molar-refractivity contribution in [2.24, 2.45) is 0 Å². The smallest absolute Gasteiger partial charge is 0.318 e. The first-order chi connectivity index (χ1) is 12.8. The molecule has 2 amide bonds. The topological polar surface area (TPSA) is 75.9 Å². The zero-order valence-electron chi connectivity index (χ0n) is 14.5. The highest BCUT2D eigenvalue weighted by atomic mass is 16.2. The van der Waals surface area contributed by atoms with Crippen molar-refractivity contribution < 1.29 is 4.79 Å². The molecule has 0 saturated carbocycles. The van der Waals surface area contributed by atoms with Gasteiger partial charge in [0.25, 0.3) is 0 Å². The van der Waals surface area contributed by atoms with Crippen molar-refractivity contribution in [2.75, 3.05) is 0 Å². The molecular formula is C19H20N6O. The van der Waals surface area contributed by atoms with Crippen molar-refractivity contribution in [2.45, 2.75) is 32.5 Å². The van der Waals surface area contributed by atoms with E-state index < -0.39 is 0 Å². The lowest BCUT2D eigenvalue weighted by atomic mass is 10.0. The van der Waals surface area contributed by atoms with Gasteiger partial charge in [0.15, 0.2) is 5.82 Å². The number of pyridine rings is 1. The summed E-state index contributed by atoms with van der Waals surface area (Å²) < 4.78 is 1.59. The first-order valence-electron chi connectivity index (χ1n) is 8.68. The Bertz CT molecular complexity index is 908. The van der Waals surface area contributed by atoms with E-state index in [0.29, 0.717) is 18.9 Å². The molecule has 1 N–H and O–H groups in total. The number of carbonyl (C=O) groups is 1. The maximum atomic E-state index is 12.7. The lowest BCUT2D eigenvalue weighted by Crippen LogP contribution is -2.38. The zero-order valence-corrected chi connectivity index (χ0v) is 14.5. The minimum absolute atomic E-state index is 0.0489. The molecule has 2 aromatic heterocycles. The number of aromatic nitrogens is 4. The summed E-state index contributed by atoms with van der Waals surface area (Å²) in [5.41, 5.74) is 3.44. The third kappa shape index (κ3) is 3.03. The highest BCUT2D eigenvalue weighted by Gasteiger charge is 2.31. The fourth-order valence-electron chi connectivity index (χ4n) is 3.42. The summed E-state index contributed by atoms with van der Waals surface area (Å²) in [6.45, 7) is 3.20. The molecule has 26 heavy (non-hydrogen) atoms. The Labute approximate surface area is 151 Å². The Morgan fingerprint density at radius 2 is 2.19 bits per heavy atom. The normalized spacial score (nSPS) is 15.7. The first kappa shape index (κ1) is 16.3. The molecule has 0 saturated heterocycles. The Hall–Kier alpha value is -3.22. The molecule has 0 unspecified atom stereocenters. The third-order valence-electron chi connectivity index (χ3n) is 4.69. The lowest BCUT2D eigenvalue weighted by molar-refractivity contribution is 0.178. The molecule has 0 fully saturated rings. The number of nitrogens with zero attached hydrogens (tertiary/aromatic N) is 5. The highest BCUT2D eigenvalue weighted by molar-refractivity contribution is 5.75. The van der Waals surface area contributed by atoms with E-state index in [2.05, 4.69) is 39.4 Å². The molecule has 7 nitrogen and oxygen atoms in total. The van der Waals surface area contributed by atoms with E-state index in [4.69, 9.17) is 0 Å². The van der Waals surface area contributed by atoms with E-state index in [1.165, 1.54) is 17.5 Å². The van der Waals surface area contributed by atoms with Crippen LogP contribution in [-0.2, 0) is 13.1 Å². The maximum Gasteiger partial charge on any atom is 0.318 e.